The number of nitrogens with zero attached hydrogens (tertiary/aromatic N) is 7. The Labute approximate surface area is 527 Å². The minimum absolute atomic E-state index is 0.109. The quantitative estimate of drug-likeness (QED) is 0.0771. The summed E-state index contributed by atoms with van der Waals surface area (Å²) in [6, 6.07) is -10.1. The number of nitrogen functional groups attached to an aromatic ring is 1. The fourth-order valence-corrected chi connectivity index (χ4v) is 12.3. The lowest BCUT2D eigenvalue weighted by molar-refractivity contribution is -0.163. The molecule has 4 saturated heterocycles. The van der Waals surface area contributed by atoms with Crippen molar-refractivity contribution in [3.8, 4) is 17.2 Å². The number of esters is 2. The Hall–Kier alpha value is -8.92. The Morgan fingerprint density at radius 1 is 0.626 bits per heavy atom. The summed E-state index contributed by atoms with van der Waals surface area (Å²) in [5.74, 6) is -13.7. The summed E-state index contributed by atoms with van der Waals surface area (Å²) in [5, 5.41) is 22.1. The van der Waals surface area contributed by atoms with Gasteiger partial charge in [-0.2, -0.15) is 0 Å². The Balaban J connectivity index is 1.34. The summed E-state index contributed by atoms with van der Waals surface area (Å²) < 4.78 is 18.2. The molecular weight excluding hydrogens is 1180 g/mol. The number of fused-ring (bicyclic) bond motifs is 4. The zero-order valence-electron chi connectivity index (χ0n) is 54.5. The first-order valence-electron chi connectivity index (χ1n) is 30.7. The smallest absolute Gasteiger partial charge is 0.329 e. The number of hydrogen-bond acceptors (Lipinski definition) is 19. The first-order valence-corrected chi connectivity index (χ1v) is 30.7. The number of rotatable bonds is 8. The van der Waals surface area contributed by atoms with Gasteiger partial charge < -0.3 is 75.4 Å². The Bertz CT molecular complexity index is 3470. The van der Waals surface area contributed by atoms with E-state index in [-0.39, 0.29) is 48.4 Å². The van der Waals surface area contributed by atoms with Crippen molar-refractivity contribution in [2.45, 2.75) is 169 Å². The second-order valence-corrected chi connectivity index (χ2v) is 25.7. The van der Waals surface area contributed by atoms with E-state index in [1.807, 2.05) is 0 Å². The summed E-state index contributed by atoms with van der Waals surface area (Å²) in [6.07, 6.45) is -1.81. The van der Waals surface area contributed by atoms with Gasteiger partial charge in [0.1, 0.15) is 77.5 Å². The number of aryl methyl sites for hydroxylation is 1. The van der Waals surface area contributed by atoms with Crippen LogP contribution in [0.5, 0.6) is 5.75 Å². The van der Waals surface area contributed by atoms with Gasteiger partial charge in [0, 0.05) is 58.5 Å². The first kappa shape index (κ1) is 69.6. The van der Waals surface area contributed by atoms with E-state index >= 15 is 9.59 Å². The number of hydrogen-bond donors (Lipinski definition) is 6. The predicted octanol–water partition coefficient (Wildman–Crippen LogP) is 0.431. The van der Waals surface area contributed by atoms with Gasteiger partial charge in [-0.3, -0.25) is 52.7 Å². The van der Waals surface area contributed by atoms with Gasteiger partial charge in [0.05, 0.1) is 29.9 Å². The largest absolute Gasteiger partial charge is 0.505 e. The molecule has 1 aromatic rings. The minimum Gasteiger partial charge on any atom is -0.505 e. The molecule has 5 heterocycles. The molecular formula is C62H86N12O17. The average molecular weight is 1270 g/mol. The third-order valence-electron chi connectivity index (χ3n) is 17.7. The lowest BCUT2D eigenvalue weighted by Crippen LogP contribution is -2.61. The van der Waals surface area contributed by atoms with E-state index in [2.05, 4.69) is 21.3 Å². The van der Waals surface area contributed by atoms with Crippen molar-refractivity contribution in [1.82, 2.24) is 55.7 Å². The molecule has 10 atom stereocenters. The van der Waals surface area contributed by atoms with Gasteiger partial charge in [-0.25, -0.2) is 14.6 Å². The highest BCUT2D eigenvalue weighted by Crippen LogP contribution is 2.40. The van der Waals surface area contributed by atoms with Crippen LogP contribution in [0.1, 0.15) is 127 Å². The number of ether oxygens (including phenoxy) is 2. The second-order valence-electron chi connectivity index (χ2n) is 25.7. The molecule has 0 radical (unpaired) electrons. The summed E-state index contributed by atoms with van der Waals surface area (Å²) in [6.45, 7) is 17.8. The van der Waals surface area contributed by atoms with Gasteiger partial charge >= 0.3 is 11.9 Å². The van der Waals surface area contributed by atoms with Crippen molar-refractivity contribution in [3.63, 3.8) is 0 Å². The zero-order chi connectivity index (χ0) is 67.8. The van der Waals surface area contributed by atoms with Crippen LogP contribution in [0, 0.1) is 37.5 Å². The molecule has 7 N–H and O–H groups in total. The van der Waals surface area contributed by atoms with E-state index in [4.69, 9.17) is 24.6 Å². The highest BCUT2D eigenvalue weighted by atomic mass is 16.6. The van der Waals surface area contributed by atoms with Crippen LogP contribution in [-0.2, 0) is 57.4 Å². The second kappa shape index (κ2) is 27.7. The maximum absolute atomic E-state index is 15.2. The molecule has 91 heavy (non-hydrogen) atoms. The third-order valence-corrected chi connectivity index (χ3v) is 17.7. The molecule has 7 rings (SSSR count). The number of carbonyl (C=O) groups is 12. The topological polar surface area (TPSA) is 380 Å². The Morgan fingerprint density at radius 2 is 1.04 bits per heavy atom. The van der Waals surface area contributed by atoms with Gasteiger partial charge in [-0.1, -0.05) is 55.4 Å². The van der Waals surface area contributed by atoms with Crippen molar-refractivity contribution in [2.24, 2.45) is 23.7 Å². The highest BCUT2D eigenvalue weighted by molar-refractivity contribution is 6.13. The molecule has 10 amide bonds. The number of phenols is 1. The standard InChI is InChI=1S/C62H86N12O17/c1-26(2)42-59(85)73-21-17-19-35(73)57(83)69(13)24-38(76)71(15)48(28(5)6)61(87)89-32(11)44(55(81)65-42)67-53(79)34-23-37(75)30(9)51-46(34)64-47-40(41(63)50(78)31(10)52(47)91-51)54(80)68-45-33(12)90-62(88)49(29(7)8)72(16)39(77)25-70(14)58(84)36-20-18-22-74(36)60(86)43(27(3)4)66-56(45)82/h23,26-29,32-33,35-36,42-45,48-49,78H,17-22,24-25,63H2,1-16H3,(H,65,81)(H,66,82)(H,67,79)(H,68,80)/t32-,33-,35+,36+,42-,43-,44+,45+,48+,49+/m1/s1. The van der Waals surface area contributed by atoms with E-state index in [1.54, 1.807) is 55.4 Å². The van der Waals surface area contributed by atoms with Crippen molar-refractivity contribution >= 4 is 87.8 Å². The summed E-state index contributed by atoms with van der Waals surface area (Å²) in [7, 11) is 5.53. The number of benzene rings is 2. The van der Waals surface area contributed by atoms with Crippen LogP contribution < -0.4 is 32.4 Å². The third kappa shape index (κ3) is 13.9. The lowest BCUT2D eigenvalue weighted by atomic mass is 9.98. The van der Waals surface area contributed by atoms with E-state index in [0.29, 0.717) is 12.8 Å². The van der Waals surface area contributed by atoms with E-state index < -0.39 is 208 Å². The number of likely N-dealkylation sites (N-methyl/N-ethyl adjacent to an activating group) is 4. The highest BCUT2D eigenvalue weighted by Gasteiger charge is 2.47. The average Bonchev–Trinajstić information content (AvgIpc) is 1.25. The summed E-state index contributed by atoms with van der Waals surface area (Å²) in [5.41, 5.74) is 2.48. The predicted molar refractivity (Wildman–Crippen MR) is 327 cm³/mol. The van der Waals surface area contributed by atoms with Gasteiger partial charge in [0.2, 0.25) is 47.3 Å². The summed E-state index contributed by atoms with van der Waals surface area (Å²) >= 11 is 0. The lowest BCUT2D eigenvalue weighted by Gasteiger charge is -2.36. The maximum Gasteiger partial charge on any atom is 0.329 e. The van der Waals surface area contributed by atoms with Crippen LogP contribution in [0.3, 0.4) is 0 Å². The molecule has 6 aliphatic rings. The number of carbonyl (C=O) groups excluding carboxylic acids is 12. The van der Waals surface area contributed by atoms with Gasteiger partial charge in [0.25, 0.3) is 11.8 Å². The van der Waals surface area contributed by atoms with E-state index in [1.165, 1.54) is 75.5 Å². The van der Waals surface area contributed by atoms with Crippen molar-refractivity contribution < 1.29 is 76.5 Å². The molecule has 0 spiro atoms. The van der Waals surface area contributed by atoms with Crippen LogP contribution in [-0.4, -0.2) is 225 Å². The molecule has 0 saturated carbocycles. The number of nitrogens with one attached hydrogen (secondary N) is 4. The normalized spacial score (nSPS) is 26.1. The van der Waals surface area contributed by atoms with Gasteiger partial charge in [-0.05, 0) is 77.0 Å². The molecule has 1 aromatic carbocycles. The fraction of sp³-hybridized carbons (Fsp3) is 0.613. The fourth-order valence-electron chi connectivity index (χ4n) is 12.3. The van der Waals surface area contributed by atoms with E-state index in [9.17, 15) is 57.8 Å². The van der Waals surface area contributed by atoms with Crippen molar-refractivity contribution in [1.29, 1.82) is 0 Å². The van der Waals surface area contributed by atoms with Crippen LogP contribution in [0.2, 0.25) is 0 Å². The number of cyclic esters (lactones) is 2. The number of aromatic hydroxyl groups is 1. The van der Waals surface area contributed by atoms with E-state index in [0.717, 1.165) is 15.9 Å². The molecule has 29 heteroatoms. The van der Waals surface area contributed by atoms with Crippen molar-refractivity contribution in [2.75, 3.05) is 60.1 Å². The molecule has 1 aliphatic carbocycles. The Morgan fingerprint density at radius 3 is 1.45 bits per heavy atom. The minimum atomic E-state index is -1.91. The van der Waals surface area contributed by atoms with Crippen LogP contribution >= 0.6 is 0 Å². The van der Waals surface area contributed by atoms with Crippen molar-refractivity contribution in [3.05, 3.63) is 38.5 Å². The molecule has 4 fully saturated rings. The molecule has 29 nitrogen and oxygen atoms in total. The maximum atomic E-state index is 15.2. The number of amides is 10. The molecule has 0 unspecified atom stereocenters. The number of nitrogens with two attached hydrogens (primary N) is 1. The Kier molecular flexibility index (Phi) is 21.1. The summed E-state index contributed by atoms with van der Waals surface area (Å²) in [4.78, 5) is 199. The van der Waals surface area contributed by atoms with Gasteiger partial charge in [-0.15, -0.1) is 0 Å². The number of phenolic OH excluding ortho intramolecular Hbond substituents is 1. The first-order chi connectivity index (χ1) is 42.5. The van der Waals surface area contributed by atoms with Crippen LogP contribution in [0.15, 0.2) is 15.3 Å². The van der Waals surface area contributed by atoms with Crippen LogP contribution in [0.4, 0.5) is 5.69 Å². The molecule has 496 valence electrons. The molecule has 5 aliphatic heterocycles. The SMILES string of the molecule is Cc1c2oc3c(C)c(O)c(N)c(C(=O)N[C@@H]4C(=O)N[C@H](C(C)C)C(=O)N5CCC[C@H]5C(=O)N(C)CC(=O)N(C)[C@@H](C(C)C)C(=O)O[C@@H]4C)c3nc-2c(C(=O)N[C@@H]2C(=O)N[C@H](C(C)C)C(=O)N3CCC[C@H]3C(=O)N(C)CC(=O)N(C)[C@@H](C(C)C)C(=O)O[C@@H]2C)cc1=O. The zero-order valence-corrected chi connectivity index (χ0v) is 54.5. The molecule has 0 bridgehead atoms. The van der Waals surface area contributed by atoms with Crippen LogP contribution in [0.25, 0.3) is 22.6 Å². The number of anilines is 1. The van der Waals surface area contributed by atoms with Gasteiger partial charge in [0.15, 0.2) is 16.8 Å². The molecule has 0 aromatic heterocycles. The monoisotopic (exact) mass is 1270 g/mol. The number of aromatic nitrogens is 1.